The molecule has 5 nitrogen and oxygen atoms in total. The van der Waals surface area contributed by atoms with Gasteiger partial charge in [-0.25, -0.2) is 4.98 Å². The molecule has 0 aliphatic rings. The third-order valence-electron chi connectivity index (χ3n) is 4.43. The first-order valence-electron chi connectivity index (χ1n) is 9.22. The molecule has 6 heteroatoms. The van der Waals surface area contributed by atoms with Gasteiger partial charge in [-0.2, -0.15) is 0 Å². The van der Waals surface area contributed by atoms with Crippen LogP contribution in [0.15, 0.2) is 71.1 Å². The van der Waals surface area contributed by atoms with Crippen LogP contribution in [-0.2, 0) is 11.2 Å². The zero-order chi connectivity index (χ0) is 20.1. The molecular weight excluding hydrogens is 370 g/mol. The van der Waals surface area contributed by atoms with Crippen molar-refractivity contribution in [3.63, 3.8) is 0 Å². The highest BCUT2D eigenvalue weighted by atomic mass is 32.2. The van der Waals surface area contributed by atoms with Crippen LogP contribution in [0, 0.1) is 0 Å². The molecule has 3 rings (SSSR count). The second-order valence-electron chi connectivity index (χ2n) is 6.33. The lowest BCUT2D eigenvalue weighted by molar-refractivity contribution is -0.120. The molecule has 144 valence electrons. The standard InChI is InChI=1S/C22H23N3O2S/c1-4-14-23-20(26)15(3)28-22-24-18-12-8-7-11-17(18)21(27)25(22)19-13-9-6-10-16(19)5-2/h4,6-13,15H,1,5,14H2,2-3H3,(H,23,26)/t15-/m1/s1. The Balaban J connectivity index is 2.16. The molecule has 0 saturated heterocycles. The van der Waals surface area contributed by atoms with Crippen LogP contribution in [0.25, 0.3) is 16.6 Å². The van der Waals surface area contributed by atoms with E-state index in [1.54, 1.807) is 23.6 Å². The molecule has 1 heterocycles. The van der Waals surface area contributed by atoms with E-state index in [-0.39, 0.29) is 11.5 Å². The zero-order valence-corrected chi connectivity index (χ0v) is 16.8. The van der Waals surface area contributed by atoms with E-state index in [4.69, 9.17) is 4.98 Å². The Labute approximate surface area is 168 Å². The van der Waals surface area contributed by atoms with Gasteiger partial charge in [0.15, 0.2) is 5.16 Å². The number of para-hydroxylation sites is 2. The van der Waals surface area contributed by atoms with Gasteiger partial charge in [-0.1, -0.05) is 55.1 Å². The van der Waals surface area contributed by atoms with Crippen molar-refractivity contribution in [2.24, 2.45) is 0 Å². The maximum atomic E-state index is 13.3. The maximum Gasteiger partial charge on any atom is 0.266 e. The van der Waals surface area contributed by atoms with Crippen molar-refractivity contribution in [1.82, 2.24) is 14.9 Å². The summed E-state index contributed by atoms with van der Waals surface area (Å²) < 4.78 is 1.63. The summed E-state index contributed by atoms with van der Waals surface area (Å²) in [5.41, 5.74) is 2.34. The second kappa shape index (κ2) is 8.89. The molecule has 1 aromatic heterocycles. The minimum absolute atomic E-state index is 0.123. The molecule has 3 aromatic rings. The lowest BCUT2D eigenvalue weighted by Crippen LogP contribution is -2.32. The largest absolute Gasteiger partial charge is 0.352 e. The van der Waals surface area contributed by atoms with Gasteiger partial charge in [0.1, 0.15) is 0 Å². The summed E-state index contributed by atoms with van der Waals surface area (Å²) in [5, 5.41) is 3.45. The number of hydrogen-bond donors (Lipinski definition) is 1. The molecule has 0 radical (unpaired) electrons. The fourth-order valence-electron chi connectivity index (χ4n) is 2.96. The van der Waals surface area contributed by atoms with Crippen molar-refractivity contribution in [2.45, 2.75) is 30.7 Å². The van der Waals surface area contributed by atoms with Gasteiger partial charge in [0, 0.05) is 6.54 Å². The second-order valence-corrected chi connectivity index (χ2v) is 7.64. The number of aryl methyl sites for hydroxylation is 1. The van der Waals surface area contributed by atoms with Crippen molar-refractivity contribution in [1.29, 1.82) is 0 Å². The average molecular weight is 394 g/mol. The Bertz CT molecular complexity index is 1070. The van der Waals surface area contributed by atoms with Crippen LogP contribution in [-0.4, -0.2) is 27.3 Å². The molecule has 0 aliphatic carbocycles. The third-order valence-corrected chi connectivity index (χ3v) is 5.48. The topological polar surface area (TPSA) is 64.0 Å². The summed E-state index contributed by atoms with van der Waals surface area (Å²) in [6.07, 6.45) is 2.42. The van der Waals surface area contributed by atoms with Crippen molar-refractivity contribution in [2.75, 3.05) is 6.54 Å². The van der Waals surface area contributed by atoms with E-state index >= 15 is 0 Å². The predicted octanol–water partition coefficient (Wildman–Crippen LogP) is 3.73. The number of nitrogens with zero attached hydrogens (tertiary/aromatic N) is 2. The number of fused-ring (bicyclic) bond motifs is 1. The Morgan fingerprint density at radius 1 is 1.25 bits per heavy atom. The van der Waals surface area contributed by atoms with Crippen LogP contribution in [0.5, 0.6) is 0 Å². The van der Waals surface area contributed by atoms with Crippen molar-refractivity contribution in [3.05, 3.63) is 77.1 Å². The van der Waals surface area contributed by atoms with E-state index < -0.39 is 5.25 Å². The van der Waals surface area contributed by atoms with Crippen molar-refractivity contribution in [3.8, 4) is 5.69 Å². The lowest BCUT2D eigenvalue weighted by atomic mass is 10.1. The van der Waals surface area contributed by atoms with E-state index in [1.165, 1.54) is 11.8 Å². The summed E-state index contributed by atoms with van der Waals surface area (Å²) in [7, 11) is 0. The number of aromatic nitrogens is 2. The van der Waals surface area contributed by atoms with Crippen LogP contribution < -0.4 is 10.9 Å². The van der Waals surface area contributed by atoms with Gasteiger partial charge in [-0.15, -0.1) is 6.58 Å². The molecule has 1 N–H and O–H groups in total. The summed E-state index contributed by atoms with van der Waals surface area (Å²) in [5.74, 6) is -0.123. The van der Waals surface area contributed by atoms with E-state index in [1.807, 2.05) is 42.5 Å². The Morgan fingerprint density at radius 2 is 1.96 bits per heavy atom. The summed E-state index contributed by atoms with van der Waals surface area (Å²) in [4.78, 5) is 30.4. The SMILES string of the molecule is C=CCNC(=O)[C@@H](C)Sc1nc2ccccc2c(=O)n1-c1ccccc1CC. The molecule has 0 spiro atoms. The van der Waals surface area contributed by atoms with Crippen LogP contribution in [0.4, 0.5) is 0 Å². The van der Waals surface area contributed by atoms with E-state index in [9.17, 15) is 9.59 Å². The van der Waals surface area contributed by atoms with Crippen LogP contribution >= 0.6 is 11.8 Å². The minimum Gasteiger partial charge on any atom is -0.352 e. The minimum atomic E-state index is -0.409. The van der Waals surface area contributed by atoms with Gasteiger partial charge in [0.2, 0.25) is 5.91 Å². The van der Waals surface area contributed by atoms with E-state index in [0.29, 0.717) is 22.6 Å². The highest BCUT2D eigenvalue weighted by molar-refractivity contribution is 8.00. The monoisotopic (exact) mass is 393 g/mol. The summed E-state index contributed by atoms with van der Waals surface area (Å²) in [6.45, 7) is 7.88. The maximum absolute atomic E-state index is 13.3. The van der Waals surface area contributed by atoms with Gasteiger partial charge < -0.3 is 5.32 Å². The summed E-state index contributed by atoms with van der Waals surface area (Å²) in [6, 6.07) is 15.1. The third kappa shape index (κ3) is 4.02. The van der Waals surface area contributed by atoms with E-state index in [2.05, 4.69) is 18.8 Å². The predicted molar refractivity (Wildman–Crippen MR) is 115 cm³/mol. The van der Waals surface area contributed by atoms with Crippen LogP contribution in [0.2, 0.25) is 0 Å². The van der Waals surface area contributed by atoms with Gasteiger partial charge in [-0.05, 0) is 37.1 Å². The first kappa shape index (κ1) is 19.9. The first-order valence-corrected chi connectivity index (χ1v) is 10.1. The highest BCUT2D eigenvalue weighted by Gasteiger charge is 2.20. The fourth-order valence-corrected chi connectivity index (χ4v) is 3.90. The molecule has 28 heavy (non-hydrogen) atoms. The smallest absolute Gasteiger partial charge is 0.266 e. The Kier molecular flexibility index (Phi) is 6.31. The Hall–Kier alpha value is -2.86. The van der Waals surface area contributed by atoms with Crippen molar-refractivity contribution >= 4 is 28.6 Å². The van der Waals surface area contributed by atoms with E-state index in [0.717, 1.165) is 17.7 Å². The number of amides is 1. The first-order chi connectivity index (χ1) is 13.6. The summed E-state index contributed by atoms with van der Waals surface area (Å²) >= 11 is 1.28. The molecule has 0 unspecified atom stereocenters. The van der Waals surface area contributed by atoms with Gasteiger partial charge in [-0.3, -0.25) is 14.2 Å². The molecule has 0 bridgehead atoms. The quantitative estimate of drug-likeness (QED) is 0.377. The molecule has 0 aliphatic heterocycles. The molecule has 0 saturated carbocycles. The number of carbonyl (C=O) groups excluding carboxylic acids is 1. The number of nitrogens with one attached hydrogen (secondary N) is 1. The average Bonchev–Trinajstić information content (AvgIpc) is 2.72. The molecule has 1 atom stereocenters. The number of thioether (sulfide) groups is 1. The van der Waals surface area contributed by atoms with Gasteiger partial charge in [0.05, 0.1) is 21.8 Å². The normalized spacial score (nSPS) is 11.9. The fraction of sp³-hybridized carbons (Fsp3) is 0.227. The van der Waals surface area contributed by atoms with Gasteiger partial charge >= 0.3 is 0 Å². The number of carbonyl (C=O) groups is 1. The number of hydrogen-bond acceptors (Lipinski definition) is 4. The zero-order valence-electron chi connectivity index (χ0n) is 16.0. The van der Waals surface area contributed by atoms with Crippen LogP contribution in [0.1, 0.15) is 19.4 Å². The van der Waals surface area contributed by atoms with Crippen molar-refractivity contribution < 1.29 is 4.79 Å². The Morgan fingerprint density at radius 3 is 2.71 bits per heavy atom. The van der Waals surface area contributed by atoms with Gasteiger partial charge in [0.25, 0.3) is 5.56 Å². The molecule has 2 aromatic carbocycles. The number of rotatable bonds is 7. The number of benzene rings is 2. The highest BCUT2D eigenvalue weighted by Crippen LogP contribution is 2.26. The van der Waals surface area contributed by atoms with Crippen LogP contribution in [0.3, 0.4) is 0 Å². The molecular formula is C22H23N3O2S. The lowest BCUT2D eigenvalue weighted by Gasteiger charge is -2.18. The molecule has 0 fully saturated rings. The molecule has 1 amide bonds.